The molecule has 134 valence electrons. The first kappa shape index (κ1) is 16.8. The normalized spacial score (nSPS) is 26.9. The van der Waals surface area contributed by atoms with Crippen LogP contribution in [0.5, 0.6) is 0 Å². The smallest absolute Gasteiger partial charge is 0.338 e. The van der Waals surface area contributed by atoms with Crippen LogP contribution in [0, 0.1) is 0 Å². The Bertz CT molecular complexity index is 710. The summed E-state index contributed by atoms with van der Waals surface area (Å²) in [6.45, 7) is 0.302. The Balaban J connectivity index is 1.43. The van der Waals surface area contributed by atoms with Gasteiger partial charge < -0.3 is 18.9 Å². The third-order valence-electron chi connectivity index (χ3n) is 4.45. The minimum atomic E-state index is -0.630. The van der Waals surface area contributed by atoms with Crippen LogP contribution >= 0.6 is 0 Å². The summed E-state index contributed by atoms with van der Waals surface area (Å²) in [6, 6.07) is 17.5. The highest BCUT2D eigenvalue weighted by atomic mass is 16.8. The molecular weight excluding hydrogens is 336 g/mol. The summed E-state index contributed by atoms with van der Waals surface area (Å²) in [5.41, 5.74) is 0.914. The Hall–Kier alpha value is -2.70. The quantitative estimate of drug-likeness (QED) is 0.786. The molecule has 6 heteroatoms. The molecule has 2 aliphatic rings. The molecule has 2 heterocycles. The predicted molar refractivity (Wildman–Crippen MR) is 90.5 cm³/mol. The van der Waals surface area contributed by atoms with Crippen LogP contribution in [0.2, 0.25) is 0 Å². The number of rotatable bonds is 4. The third kappa shape index (κ3) is 3.47. The fourth-order valence-electron chi connectivity index (χ4n) is 3.11. The topological polar surface area (TPSA) is 71.1 Å². The molecule has 0 amide bonds. The molecule has 2 aliphatic heterocycles. The zero-order chi connectivity index (χ0) is 17.9. The van der Waals surface area contributed by atoms with E-state index in [0.29, 0.717) is 24.2 Å². The number of benzene rings is 2. The van der Waals surface area contributed by atoms with Gasteiger partial charge in [0, 0.05) is 6.42 Å². The predicted octanol–water partition coefficient (Wildman–Crippen LogP) is 2.58. The number of carbonyl (C=O) groups is 2. The summed E-state index contributed by atoms with van der Waals surface area (Å²) in [4.78, 5) is 24.6. The second kappa shape index (κ2) is 7.27. The maximum Gasteiger partial charge on any atom is 0.338 e. The van der Waals surface area contributed by atoms with Crippen molar-refractivity contribution in [2.24, 2.45) is 0 Å². The molecule has 4 atom stereocenters. The highest BCUT2D eigenvalue weighted by Crippen LogP contribution is 2.32. The molecule has 0 saturated carbocycles. The van der Waals surface area contributed by atoms with E-state index in [-0.39, 0.29) is 6.10 Å². The van der Waals surface area contributed by atoms with Crippen molar-refractivity contribution in [2.45, 2.75) is 31.0 Å². The first-order valence-electron chi connectivity index (χ1n) is 8.50. The summed E-state index contributed by atoms with van der Waals surface area (Å²) in [5, 5.41) is 0. The fourth-order valence-corrected chi connectivity index (χ4v) is 3.11. The molecular formula is C20H18O6. The Labute approximate surface area is 150 Å². The van der Waals surface area contributed by atoms with E-state index in [1.54, 1.807) is 48.5 Å². The van der Waals surface area contributed by atoms with Crippen molar-refractivity contribution < 1.29 is 28.5 Å². The van der Waals surface area contributed by atoms with Gasteiger partial charge in [-0.15, -0.1) is 0 Å². The van der Waals surface area contributed by atoms with Crippen molar-refractivity contribution in [1.29, 1.82) is 0 Å². The van der Waals surface area contributed by atoms with Gasteiger partial charge in [-0.05, 0) is 24.3 Å². The molecule has 0 radical (unpaired) electrons. The Morgan fingerprint density at radius 2 is 1.35 bits per heavy atom. The van der Waals surface area contributed by atoms with E-state index in [1.807, 2.05) is 12.1 Å². The Kier molecular flexibility index (Phi) is 4.69. The molecule has 2 fully saturated rings. The van der Waals surface area contributed by atoms with Crippen LogP contribution in [-0.2, 0) is 18.9 Å². The summed E-state index contributed by atoms with van der Waals surface area (Å²) in [6.07, 6.45) is -1.80. The van der Waals surface area contributed by atoms with E-state index in [9.17, 15) is 9.59 Å². The standard InChI is InChI=1S/C20H18O6/c21-18(13-7-3-1-4-8-13)24-15-11-16(20-23-12-17(15)26-20)25-19(22)14-9-5-2-6-10-14/h1-10,15-17,20H,11-12H2/t15-,16-,17+,20+/m0/s1. The number of carbonyl (C=O) groups excluding carboxylic acids is 2. The molecule has 0 N–H and O–H groups in total. The van der Waals surface area contributed by atoms with Crippen molar-refractivity contribution in [2.75, 3.05) is 6.61 Å². The average molecular weight is 354 g/mol. The zero-order valence-electron chi connectivity index (χ0n) is 13.9. The van der Waals surface area contributed by atoms with Gasteiger partial charge >= 0.3 is 11.9 Å². The molecule has 2 aromatic rings. The van der Waals surface area contributed by atoms with Crippen molar-refractivity contribution in [3.8, 4) is 0 Å². The van der Waals surface area contributed by atoms with Crippen LogP contribution in [0.3, 0.4) is 0 Å². The molecule has 4 rings (SSSR count). The molecule has 2 aromatic carbocycles. The van der Waals surface area contributed by atoms with E-state index >= 15 is 0 Å². The fraction of sp³-hybridized carbons (Fsp3) is 0.300. The van der Waals surface area contributed by atoms with Crippen LogP contribution in [0.1, 0.15) is 27.1 Å². The van der Waals surface area contributed by atoms with Crippen molar-refractivity contribution in [3.63, 3.8) is 0 Å². The minimum Gasteiger partial charge on any atom is -0.456 e. The first-order valence-corrected chi connectivity index (χ1v) is 8.50. The highest BCUT2D eigenvalue weighted by Gasteiger charge is 2.47. The molecule has 26 heavy (non-hydrogen) atoms. The van der Waals surface area contributed by atoms with Gasteiger partial charge in [0.1, 0.15) is 12.2 Å². The molecule has 0 unspecified atom stereocenters. The lowest BCUT2D eigenvalue weighted by Gasteiger charge is -2.32. The highest BCUT2D eigenvalue weighted by molar-refractivity contribution is 5.90. The number of fused-ring (bicyclic) bond motifs is 2. The van der Waals surface area contributed by atoms with Crippen molar-refractivity contribution in [1.82, 2.24) is 0 Å². The lowest BCUT2D eigenvalue weighted by Crippen LogP contribution is -2.46. The number of hydrogen-bond donors (Lipinski definition) is 0. The number of ether oxygens (including phenoxy) is 4. The van der Waals surface area contributed by atoms with E-state index in [0.717, 1.165) is 0 Å². The zero-order valence-corrected chi connectivity index (χ0v) is 13.9. The van der Waals surface area contributed by atoms with Gasteiger partial charge in [-0.25, -0.2) is 9.59 Å². The minimum absolute atomic E-state index is 0.302. The molecule has 2 saturated heterocycles. The SMILES string of the molecule is O=C(O[C@H]1C[C@H](OC(=O)c2ccccc2)[C@H]2CO[C@@H]1O2)c1ccccc1. The van der Waals surface area contributed by atoms with E-state index < -0.39 is 30.4 Å². The van der Waals surface area contributed by atoms with Crippen LogP contribution in [-0.4, -0.2) is 43.1 Å². The second-order valence-corrected chi connectivity index (χ2v) is 6.23. The number of hydrogen-bond acceptors (Lipinski definition) is 6. The van der Waals surface area contributed by atoms with Gasteiger partial charge in [-0.2, -0.15) is 0 Å². The van der Waals surface area contributed by atoms with Gasteiger partial charge in [-0.1, -0.05) is 36.4 Å². The molecule has 0 aliphatic carbocycles. The lowest BCUT2D eigenvalue weighted by atomic mass is 10.0. The summed E-state index contributed by atoms with van der Waals surface area (Å²) in [5.74, 6) is -0.890. The summed E-state index contributed by atoms with van der Waals surface area (Å²) >= 11 is 0. The summed E-state index contributed by atoms with van der Waals surface area (Å²) < 4.78 is 22.4. The largest absolute Gasteiger partial charge is 0.456 e. The maximum absolute atomic E-state index is 12.3. The molecule has 6 nitrogen and oxygen atoms in total. The van der Waals surface area contributed by atoms with E-state index in [1.165, 1.54) is 0 Å². The second-order valence-electron chi connectivity index (χ2n) is 6.23. The lowest BCUT2D eigenvalue weighted by molar-refractivity contribution is -0.183. The van der Waals surface area contributed by atoms with Gasteiger partial charge in [0.2, 0.25) is 0 Å². The van der Waals surface area contributed by atoms with Crippen molar-refractivity contribution >= 4 is 11.9 Å². The van der Waals surface area contributed by atoms with Crippen LogP contribution in [0.25, 0.3) is 0 Å². The maximum atomic E-state index is 12.3. The Morgan fingerprint density at radius 1 is 0.808 bits per heavy atom. The van der Waals surface area contributed by atoms with Crippen LogP contribution in [0.15, 0.2) is 60.7 Å². The third-order valence-corrected chi connectivity index (χ3v) is 4.45. The Morgan fingerprint density at radius 3 is 1.92 bits per heavy atom. The molecule has 0 aromatic heterocycles. The monoisotopic (exact) mass is 354 g/mol. The number of esters is 2. The van der Waals surface area contributed by atoms with Crippen molar-refractivity contribution in [3.05, 3.63) is 71.8 Å². The van der Waals surface area contributed by atoms with Gasteiger partial charge in [0.15, 0.2) is 12.4 Å². The summed E-state index contributed by atoms with van der Waals surface area (Å²) in [7, 11) is 0. The van der Waals surface area contributed by atoms with Gasteiger partial charge in [-0.3, -0.25) is 0 Å². The van der Waals surface area contributed by atoms with Crippen LogP contribution < -0.4 is 0 Å². The van der Waals surface area contributed by atoms with E-state index in [2.05, 4.69) is 0 Å². The molecule has 2 bridgehead atoms. The van der Waals surface area contributed by atoms with Crippen LogP contribution in [0.4, 0.5) is 0 Å². The average Bonchev–Trinajstić information content (AvgIpc) is 3.12. The molecule has 0 spiro atoms. The van der Waals surface area contributed by atoms with Gasteiger partial charge in [0.05, 0.1) is 17.7 Å². The first-order chi connectivity index (χ1) is 12.7. The van der Waals surface area contributed by atoms with Gasteiger partial charge in [0.25, 0.3) is 0 Å². The van der Waals surface area contributed by atoms with E-state index in [4.69, 9.17) is 18.9 Å².